The maximum absolute atomic E-state index is 12.8. The Morgan fingerprint density at radius 3 is 2.65 bits per heavy atom. The van der Waals surface area contributed by atoms with Crippen molar-refractivity contribution in [3.8, 4) is 17.2 Å². The molecule has 0 saturated heterocycles. The number of nitrogens with zero attached hydrogens (tertiary/aromatic N) is 4. The number of hydrogen-bond acceptors (Lipinski definition) is 7. The number of amides is 1. The molecule has 8 nitrogen and oxygen atoms in total. The molecule has 0 aliphatic rings. The van der Waals surface area contributed by atoms with Gasteiger partial charge < -0.3 is 19.1 Å². The SMILES string of the molecule is C=CCn1c(COc2cccc(C)c2)nnc1SCC(=O)N(C)Cc1ccc(OC)c(OC)c1. The molecule has 0 N–H and O–H groups in total. The highest BCUT2D eigenvalue weighted by molar-refractivity contribution is 7.99. The lowest BCUT2D eigenvalue weighted by atomic mass is 10.2. The van der Waals surface area contributed by atoms with E-state index in [4.69, 9.17) is 14.2 Å². The molecule has 3 rings (SSSR count). The molecule has 1 aromatic heterocycles. The molecule has 0 atom stereocenters. The number of aromatic nitrogens is 3. The molecule has 0 fully saturated rings. The molecule has 0 aliphatic heterocycles. The summed E-state index contributed by atoms with van der Waals surface area (Å²) >= 11 is 1.34. The van der Waals surface area contributed by atoms with E-state index < -0.39 is 0 Å². The van der Waals surface area contributed by atoms with Gasteiger partial charge in [0.25, 0.3) is 0 Å². The Morgan fingerprint density at radius 1 is 1.15 bits per heavy atom. The van der Waals surface area contributed by atoms with E-state index in [1.54, 1.807) is 32.2 Å². The fourth-order valence-electron chi connectivity index (χ4n) is 3.28. The second kappa shape index (κ2) is 12.1. The third kappa shape index (κ3) is 6.54. The predicted molar refractivity (Wildman–Crippen MR) is 132 cm³/mol. The summed E-state index contributed by atoms with van der Waals surface area (Å²) in [5, 5.41) is 9.18. The summed E-state index contributed by atoms with van der Waals surface area (Å²) in [6.45, 7) is 7.09. The number of methoxy groups -OCH3 is 2. The van der Waals surface area contributed by atoms with Crippen molar-refractivity contribution in [2.75, 3.05) is 27.0 Å². The standard InChI is InChI=1S/C25H30N4O4S/c1-6-12-29-23(16-33-20-9-7-8-18(2)13-20)26-27-25(29)34-17-24(30)28(3)15-19-10-11-21(31-4)22(14-19)32-5/h6-11,13-14H,1,12,15-17H2,2-5H3. The molecule has 0 bridgehead atoms. The van der Waals surface area contributed by atoms with Crippen LogP contribution in [0, 0.1) is 6.92 Å². The molecule has 9 heteroatoms. The van der Waals surface area contributed by atoms with E-state index in [9.17, 15) is 4.79 Å². The average molecular weight is 483 g/mol. The van der Waals surface area contributed by atoms with Gasteiger partial charge in [0.2, 0.25) is 5.91 Å². The zero-order valence-electron chi connectivity index (χ0n) is 20.0. The smallest absolute Gasteiger partial charge is 0.233 e. The van der Waals surface area contributed by atoms with Gasteiger partial charge in [-0.15, -0.1) is 16.8 Å². The average Bonchev–Trinajstić information content (AvgIpc) is 3.22. The monoisotopic (exact) mass is 482 g/mol. The number of benzene rings is 2. The van der Waals surface area contributed by atoms with E-state index in [1.165, 1.54) is 11.8 Å². The zero-order valence-corrected chi connectivity index (χ0v) is 20.8. The fraction of sp³-hybridized carbons (Fsp3) is 0.320. The second-order valence-electron chi connectivity index (χ2n) is 7.63. The van der Waals surface area contributed by atoms with Crippen LogP contribution in [0.1, 0.15) is 17.0 Å². The van der Waals surface area contributed by atoms with Gasteiger partial charge in [0.15, 0.2) is 22.5 Å². The molecule has 0 unspecified atom stereocenters. The summed E-state index contributed by atoms with van der Waals surface area (Å²) in [5.74, 6) is 2.94. The summed E-state index contributed by atoms with van der Waals surface area (Å²) < 4.78 is 18.4. The van der Waals surface area contributed by atoms with Gasteiger partial charge in [-0.3, -0.25) is 9.36 Å². The molecular formula is C25H30N4O4S. The minimum Gasteiger partial charge on any atom is -0.493 e. The van der Waals surface area contributed by atoms with Crippen LogP contribution in [0.4, 0.5) is 0 Å². The van der Waals surface area contributed by atoms with Crippen LogP contribution in [-0.2, 0) is 24.5 Å². The Kier molecular flexibility index (Phi) is 8.98. The Morgan fingerprint density at radius 2 is 1.94 bits per heavy atom. The van der Waals surface area contributed by atoms with E-state index in [0.29, 0.717) is 35.6 Å². The largest absolute Gasteiger partial charge is 0.493 e. The summed E-state index contributed by atoms with van der Waals surface area (Å²) in [6.07, 6.45) is 1.77. The lowest BCUT2D eigenvalue weighted by Crippen LogP contribution is -2.28. The van der Waals surface area contributed by atoms with Crippen molar-refractivity contribution < 1.29 is 19.0 Å². The Bertz CT molecular complexity index is 1130. The van der Waals surface area contributed by atoms with Crippen molar-refractivity contribution in [2.24, 2.45) is 0 Å². The van der Waals surface area contributed by atoms with Gasteiger partial charge in [-0.05, 0) is 42.3 Å². The number of thioether (sulfide) groups is 1. The van der Waals surface area contributed by atoms with Crippen molar-refractivity contribution in [2.45, 2.75) is 31.8 Å². The Balaban J connectivity index is 1.60. The van der Waals surface area contributed by atoms with Crippen LogP contribution in [0.3, 0.4) is 0 Å². The van der Waals surface area contributed by atoms with Crippen molar-refractivity contribution >= 4 is 17.7 Å². The van der Waals surface area contributed by atoms with Crippen LogP contribution in [0.5, 0.6) is 17.2 Å². The van der Waals surface area contributed by atoms with E-state index in [2.05, 4.69) is 16.8 Å². The molecule has 0 aliphatic carbocycles. The number of hydrogen-bond donors (Lipinski definition) is 0. The molecule has 2 aromatic carbocycles. The Labute approximate surface area is 204 Å². The van der Waals surface area contributed by atoms with E-state index in [-0.39, 0.29) is 18.3 Å². The highest BCUT2D eigenvalue weighted by Crippen LogP contribution is 2.28. The first-order chi connectivity index (χ1) is 16.4. The number of allylic oxidation sites excluding steroid dienone is 1. The van der Waals surface area contributed by atoms with Crippen LogP contribution < -0.4 is 14.2 Å². The van der Waals surface area contributed by atoms with Crippen molar-refractivity contribution in [1.29, 1.82) is 0 Å². The highest BCUT2D eigenvalue weighted by Gasteiger charge is 2.17. The number of carbonyl (C=O) groups excluding carboxylic acids is 1. The third-order valence-electron chi connectivity index (χ3n) is 5.08. The minimum atomic E-state index is -0.0227. The summed E-state index contributed by atoms with van der Waals surface area (Å²) in [6, 6.07) is 13.5. The van der Waals surface area contributed by atoms with Crippen molar-refractivity contribution in [1.82, 2.24) is 19.7 Å². The molecule has 0 spiro atoms. The van der Waals surface area contributed by atoms with Gasteiger partial charge >= 0.3 is 0 Å². The summed E-state index contributed by atoms with van der Waals surface area (Å²) in [4.78, 5) is 14.4. The molecular weight excluding hydrogens is 452 g/mol. The van der Waals surface area contributed by atoms with Crippen molar-refractivity contribution in [3.05, 3.63) is 72.1 Å². The first-order valence-electron chi connectivity index (χ1n) is 10.7. The molecule has 0 saturated carbocycles. The van der Waals surface area contributed by atoms with E-state index in [1.807, 2.05) is 54.0 Å². The molecule has 0 radical (unpaired) electrons. The van der Waals surface area contributed by atoms with Crippen LogP contribution in [0.25, 0.3) is 0 Å². The predicted octanol–water partition coefficient (Wildman–Crippen LogP) is 4.12. The molecule has 34 heavy (non-hydrogen) atoms. The first-order valence-corrected chi connectivity index (χ1v) is 11.7. The zero-order chi connectivity index (χ0) is 24.5. The summed E-state index contributed by atoms with van der Waals surface area (Å²) in [5.41, 5.74) is 2.07. The maximum Gasteiger partial charge on any atom is 0.233 e. The first kappa shape index (κ1) is 25.2. The quantitative estimate of drug-likeness (QED) is 0.284. The number of rotatable bonds is 12. The third-order valence-corrected chi connectivity index (χ3v) is 6.03. The van der Waals surface area contributed by atoms with Crippen LogP contribution in [-0.4, -0.2) is 52.6 Å². The number of ether oxygens (including phenoxy) is 3. The van der Waals surface area contributed by atoms with Gasteiger partial charge in [0, 0.05) is 20.1 Å². The molecule has 1 heterocycles. The molecule has 3 aromatic rings. The summed E-state index contributed by atoms with van der Waals surface area (Å²) in [7, 11) is 4.96. The van der Waals surface area contributed by atoms with Crippen molar-refractivity contribution in [3.63, 3.8) is 0 Å². The van der Waals surface area contributed by atoms with Gasteiger partial charge in [-0.2, -0.15) is 0 Å². The van der Waals surface area contributed by atoms with Gasteiger partial charge in [-0.1, -0.05) is 36.0 Å². The van der Waals surface area contributed by atoms with Crippen LogP contribution in [0.2, 0.25) is 0 Å². The van der Waals surface area contributed by atoms with Crippen LogP contribution in [0.15, 0.2) is 60.3 Å². The molecule has 180 valence electrons. The molecule has 1 amide bonds. The van der Waals surface area contributed by atoms with E-state index >= 15 is 0 Å². The number of aryl methyl sites for hydroxylation is 1. The Hall–Kier alpha value is -3.46. The normalized spacial score (nSPS) is 10.6. The minimum absolute atomic E-state index is 0.0227. The topological polar surface area (TPSA) is 78.7 Å². The van der Waals surface area contributed by atoms with Gasteiger partial charge in [0.05, 0.1) is 20.0 Å². The number of carbonyl (C=O) groups is 1. The fourth-order valence-corrected chi connectivity index (χ4v) is 4.18. The van der Waals surface area contributed by atoms with E-state index in [0.717, 1.165) is 16.9 Å². The lowest BCUT2D eigenvalue weighted by molar-refractivity contribution is -0.127. The maximum atomic E-state index is 12.8. The lowest BCUT2D eigenvalue weighted by Gasteiger charge is -2.18. The highest BCUT2D eigenvalue weighted by atomic mass is 32.2. The van der Waals surface area contributed by atoms with Gasteiger partial charge in [0.1, 0.15) is 12.4 Å². The van der Waals surface area contributed by atoms with Gasteiger partial charge in [-0.25, -0.2) is 0 Å². The van der Waals surface area contributed by atoms with Crippen LogP contribution >= 0.6 is 11.8 Å². The second-order valence-corrected chi connectivity index (χ2v) is 8.57.